The van der Waals surface area contributed by atoms with Crippen molar-refractivity contribution in [3.05, 3.63) is 24.3 Å². The van der Waals surface area contributed by atoms with Gasteiger partial charge in [0.05, 0.1) is 17.9 Å². The minimum absolute atomic E-state index is 0.0317. The number of carbonyl (C=O) groups is 2. The average molecular weight is 363 g/mol. The van der Waals surface area contributed by atoms with Gasteiger partial charge in [0.25, 0.3) is 0 Å². The Hall–Kier alpha value is -2.55. The van der Waals surface area contributed by atoms with Gasteiger partial charge in [0, 0.05) is 7.05 Å². The third-order valence-corrected chi connectivity index (χ3v) is 5.10. The maximum absolute atomic E-state index is 12.2. The molecular weight excluding hydrogens is 342 g/mol. The first-order valence-electron chi connectivity index (χ1n) is 7.64. The van der Waals surface area contributed by atoms with Gasteiger partial charge in [-0.3, -0.25) is 10.1 Å². The molecule has 3 N–H and O–H groups in total. The molecule has 25 heavy (non-hydrogen) atoms. The topological polar surface area (TPSA) is 112 Å². The van der Waals surface area contributed by atoms with E-state index in [1.54, 1.807) is 11.7 Å². The van der Waals surface area contributed by atoms with Crippen LogP contribution >= 0.6 is 11.8 Å². The molecule has 0 saturated carbocycles. The van der Waals surface area contributed by atoms with Crippen LogP contribution in [0.2, 0.25) is 0 Å². The van der Waals surface area contributed by atoms with Crippen LogP contribution in [0.5, 0.6) is 5.75 Å². The highest BCUT2D eigenvalue weighted by Crippen LogP contribution is 2.32. The van der Waals surface area contributed by atoms with Crippen LogP contribution < -0.4 is 15.8 Å². The third-order valence-electron chi connectivity index (χ3n) is 3.53. The molecule has 0 spiro atoms. The number of nitrogens with one attached hydrogen (secondary N) is 1. The molecule has 1 aromatic heterocycles. The second-order valence-corrected chi connectivity index (χ2v) is 6.81. The first kappa shape index (κ1) is 18.8. The Morgan fingerprint density at radius 1 is 1.28 bits per heavy atom. The van der Waals surface area contributed by atoms with Crippen LogP contribution in [0.25, 0.3) is 11.4 Å². The fourth-order valence-corrected chi connectivity index (χ4v) is 3.28. The highest BCUT2D eigenvalue weighted by atomic mass is 32.2. The van der Waals surface area contributed by atoms with Gasteiger partial charge in [-0.15, -0.1) is 10.2 Å². The zero-order chi connectivity index (χ0) is 18.6. The average Bonchev–Trinajstić information content (AvgIpc) is 2.92. The van der Waals surface area contributed by atoms with E-state index in [0.717, 1.165) is 5.56 Å². The first-order valence-corrected chi connectivity index (χ1v) is 8.52. The molecule has 1 aromatic carbocycles. The number of primary amides is 1. The fourth-order valence-electron chi connectivity index (χ4n) is 2.28. The standard InChI is InChI=1S/C16H21N5O3S/c1-9(2)12(14(22)18-15(17)23)25-16-20-19-13(21(16)3)10-7-5-6-8-11(10)24-4/h5-9,12H,1-4H3,(H3,17,18,22,23)/t12-/m1/s1. The van der Waals surface area contributed by atoms with Gasteiger partial charge in [-0.2, -0.15) is 0 Å². The van der Waals surface area contributed by atoms with Crippen molar-refractivity contribution in [2.75, 3.05) is 7.11 Å². The van der Waals surface area contributed by atoms with E-state index in [-0.39, 0.29) is 5.92 Å². The predicted molar refractivity (Wildman–Crippen MR) is 95.2 cm³/mol. The molecule has 0 radical (unpaired) electrons. The predicted octanol–water partition coefficient (Wildman–Crippen LogP) is 1.80. The summed E-state index contributed by atoms with van der Waals surface area (Å²) < 4.78 is 7.15. The van der Waals surface area contributed by atoms with Crippen molar-refractivity contribution in [1.82, 2.24) is 20.1 Å². The molecule has 2 aromatic rings. The van der Waals surface area contributed by atoms with Gasteiger partial charge in [-0.25, -0.2) is 4.79 Å². The Morgan fingerprint density at radius 3 is 2.56 bits per heavy atom. The molecule has 0 fully saturated rings. The van der Waals surface area contributed by atoms with Gasteiger partial charge in [-0.1, -0.05) is 37.7 Å². The highest BCUT2D eigenvalue weighted by molar-refractivity contribution is 8.00. The number of urea groups is 1. The summed E-state index contributed by atoms with van der Waals surface area (Å²) in [6, 6.07) is 6.61. The van der Waals surface area contributed by atoms with Crippen molar-refractivity contribution >= 4 is 23.7 Å². The van der Waals surface area contributed by atoms with Crippen LogP contribution in [0, 0.1) is 5.92 Å². The molecule has 0 saturated heterocycles. The van der Waals surface area contributed by atoms with E-state index in [1.165, 1.54) is 11.8 Å². The lowest BCUT2D eigenvalue weighted by Gasteiger charge is -2.18. The van der Waals surface area contributed by atoms with Crippen molar-refractivity contribution < 1.29 is 14.3 Å². The number of nitrogens with two attached hydrogens (primary N) is 1. The number of thioether (sulfide) groups is 1. The summed E-state index contributed by atoms with van der Waals surface area (Å²) >= 11 is 1.23. The molecular formula is C16H21N5O3S. The monoisotopic (exact) mass is 363 g/mol. The van der Waals surface area contributed by atoms with Crippen LogP contribution in [-0.4, -0.2) is 39.1 Å². The lowest BCUT2D eigenvalue weighted by Crippen LogP contribution is -2.42. The van der Waals surface area contributed by atoms with Crippen LogP contribution in [0.4, 0.5) is 4.79 Å². The zero-order valence-corrected chi connectivity index (χ0v) is 15.3. The minimum Gasteiger partial charge on any atom is -0.496 e. The lowest BCUT2D eigenvalue weighted by atomic mass is 10.1. The Morgan fingerprint density at radius 2 is 1.96 bits per heavy atom. The number of para-hydroxylation sites is 1. The molecule has 0 aliphatic rings. The summed E-state index contributed by atoms with van der Waals surface area (Å²) in [7, 11) is 3.40. The molecule has 2 rings (SSSR count). The number of hydrogen-bond donors (Lipinski definition) is 2. The lowest BCUT2D eigenvalue weighted by molar-refractivity contribution is -0.120. The third kappa shape index (κ3) is 4.30. The summed E-state index contributed by atoms with van der Waals surface area (Å²) in [6.45, 7) is 3.77. The Labute approximate surface area is 150 Å². The first-order chi connectivity index (χ1) is 11.8. The summed E-state index contributed by atoms with van der Waals surface area (Å²) in [5, 5.41) is 10.5. The van der Waals surface area contributed by atoms with E-state index in [1.807, 2.05) is 45.2 Å². The van der Waals surface area contributed by atoms with Crippen molar-refractivity contribution in [3.63, 3.8) is 0 Å². The van der Waals surface area contributed by atoms with Gasteiger partial charge >= 0.3 is 6.03 Å². The number of methoxy groups -OCH3 is 1. The van der Waals surface area contributed by atoms with E-state index in [4.69, 9.17) is 10.5 Å². The maximum Gasteiger partial charge on any atom is 0.318 e. The molecule has 1 heterocycles. The molecule has 0 bridgehead atoms. The van der Waals surface area contributed by atoms with Gasteiger partial charge in [0.15, 0.2) is 11.0 Å². The van der Waals surface area contributed by atoms with Crippen LogP contribution in [0.15, 0.2) is 29.4 Å². The SMILES string of the molecule is COc1ccccc1-c1nnc(S[C@@H](C(=O)NC(N)=O)C(C)C)n1C. The molecule has 0 aliphatic carbocycles. The molecule has 1 atom stereocenters. The second-order valence-electron chi connectivity index (χ2n) is 5.70. The van der Waals surface area contributed by atoms with E-state index < -0.39 is 17.2 Å². The maximum atomic E-state index is 12.2. The number of imide groups is 1. The molecule has 3 amide bonds. The van der Waals surface area contributed by atoms with E-state index in [9.17, 15) is 9.59 Å². The number of amides is 3. The van der Waals surface area contributed by atoms with Crippen LogP contribution in [0.1, 0.15) is 13.8 Å². The van der Waals surface area contributed by atoms with Crippen LogP contribution in [0.3, 0.4) is 0 Å². The number of carbonyl (C=O) groups excluding carboxylic acids is 2. The number of nitrogens with zero attached hydrogens (tertiary/aromatic N) is 3. The number of rotatable bonds is 6. The Kier molecular flexibility index (Phi) is 6.02. The largest absolute Gasteiger partial charge is 0.496 e. The van der Waals surface area contributed by atoms with Crippen LogP contribution in [-0.2, 0) is 11.8 Å². The molecule has 9 heteroatoms. The van der Waals surface area contributed by atoms with Crippen molar-refractivity contribution in [2.45, 2.75) is 24.3 Å². The van der Waals surface area contributed by atoms with Crippen molar-refractivity contribution in [3.8, 4) is 17.1 Å². The quantitative estimate of drug-likeness (QED) is 0.757. The number of ether oxygens (including phenoxy) is 1. The summed E-state index contributed by atoms with van der Waals surface area (Å²) in [6.07, 6.45) is 0. The van der Waals surface area contributed by atoms with E-state index in [2.05, 4.69) is 15.5 Å². The Bertz CT molecular complexity index is 775. The van der Waals surface area contributed by atoms with Gasteiger partial charge < -0.3 is 15.0 Å². The van der Waals surface area contributed by atoms with E-state index >= 15 is 0 Å². The van der Waals surface area contributed by atoms with Crippen molar-refractivity contribution in [1.29, 1.82) is 0 Å². The van der Waals surface area contributed by atoms with Crippen molar-refractivity contribution in [2.24, 2.45) is 18.7 Å². The van der Waals surface area contributed by atoms with Gasteiger partial charge in [0.2, 0.25) is 5.91 Å². The molecule has 134 valence electrons. The molecule has 8 nitrogen and oxygen atoms in total. The summed E-state index contributed by atoms with van der Waals surface area (Å²) in [5.74, 6) is 0.823. The number of benzene rings is 1. The number of hydrogen-bond acceptors (Lipinski definition) is 6. The van der Waals surface area contributed by atoms with Gasteiger partial charge in [0.1, 0.15) is 5.75 Å². The minimum atomic E-state index is -0.871. The second kappa shape index (κ2) is 8.02. The Balaban J connectivity index is 2.31. The smallest absolute Gasteiger partial charge is 0.318 e. The zero-order valence-electron chi connectivity index (χ0n) is 14.5. The van der Waals surface area contributed by atoms with Gasteiger partial charge in [-0.05, 0) is 18.1 Å². The molecule has 0 aliphatic heterocycles. The number of aromatic nitrogens is 3. The fraction of sp³-hybridized carbons (Fsp3) is 0.375. The summed E-state index contributed by atoms with van der Waals surface area (Å²) in [5.41, 5.74) is 5.84. The summed E-state index contributed by atoms with van der Waals surface area (Å²) in [4.78, 5) is 23.1. The van der Waals surface area contributed by atoms with E-state index in [0.29, 0.717) is 16.7 Å². The molecule has 0 unspecified atom stereocenters. The normalized spacial score (nSPS) is 12.0. The highest BCUT2D eigenvalue weighted by Gasteiger charge is 2.27.